The van der Waals surface area contributed by atoms with Crippen molar-refractivity contribution in [3.63, 3.8) is 0 Å². The maximum atomic E-state index is 13.2. The molecule has 0 bridgehead atoms. The van der Waals surface area contributed by atoms with Crippen LogP contribution in [0.4, 0.5) is 0 Å². The number of nitrogens with one attached hydrogen (secondary N) is 1. The van der Waals surface area contributed by atoms with Gasteiger partial charge in [-0.2, -0.15) is 5.10 Å². The monoisotopic (exact) mass is 451 g/mol. The lowest BCUT2D eigenvalue weighted by molar-refractivity contribution is -0.134. The second-order valence-corrected chi connectivity index (χ2v) is 9.51. The van der Waals surface area contributed by atoms with Gasteiger partial charge in [-0.1, -0.05) is 18.2 Å². The van der Waals surface area contributed by atoms with E-state index in [1.54, 1.807) is 35.6 Å². The number of hydrogen-bond donors (Lipinski definition) is 2. The molecule has 0 aliphatic carbocycles. The summed E-state index contributed by atoms with van der Waals surface area (Å²) in [5.41, 5.74) is 0.787. The summed E-state index contributed by atoms with van der Waals surface area (Å²) in [4.78, 5) is 15.7. The number of benzene rings is 1. The number of likely N-dealkylation sites (N-methyl/N-ethyl adjacent to an activating group) is 1. The van der Waals surface area contributed by atoms with Gasteiger partial charge in [0.1, 0.15) is 6.04 Å². The van der Waals surface area contributed by atoms with Crippen molar-refractivity contribution >= 4 is 39.5 Å². The van der Waals surface area contributed by atoms with Gasteiger partial charge in [-0.25, -0.2) is 13.6 Å². The summed E-state index contributed by atoms with van der Waals surface area (Å²) in [6.45, 7) is 3.64. The standard InChI is InChI=1S/C18H21N5O3S3/c1-11(13-6-8-14(9-7-13)29(19,25)26)22(3)17(24)12(2)23-16(20-21-18(23)27)15-5-4-10-28-15/h4-12H,1-3H3,(H,21,27)(H2,19,25,26). The molecule has 3 rings (SSSR count). The van der Waals surface area contributed by atoms with Crippen LogP contribution in [0, 0.1) is 4.77 Å². The van der Waals surface area contributed by atoms with Crippen molar-refractivity contribution in [2.45, 2.75) is 30.8 Å². The Hall–Kier alpha value is -2.34. The number of H-pyrrole nitrogens is 1. The highest BCUT2D eigenvalue weighted by Gasteiger charge is 2.27. The predicted octanol–water partition coefficient (Wildman–Crippen LogP) is 3.10. The SMILES string of the molecule is CC(c1ccc(S(N)(=O)=O)cc1)N(C)C(=O)C(C)n1c(-c2cccs2)n[nH]c1=S. The molecule has 0 spiro atoms. The van der Waals surface area contributed by atoms with E-state index in [1.807, 2.05) is 24.4 Å². The van der Waals surface area contributed by atoms with Gasteiger partial charge in [0, 0.05) is 7.05 Å². The van der Waals surface area contributed by atoms with Gasteiger partial charge in [0.2, 0.25) is 15.9 Å². The molecule has 29 heavy (non-hydrogen) atoms. The van der Waals surface area contributed by atoms with E-state index < -0.39 is 16.1 Å². The Balaban J connectivity index is 1.85. The molecule has 2 aromatic heterocycles. The van der Waals surface area contributed by atoms with Crippen molar-refractivity contribution in [3.05, 3.63) is 52.1 Å². The van der Waals surface area contributed by atoms with E-state index >= 15 is 0 Å². The second kappa shape index (κ2) is 8.19. The molecule has 0 aliphatic heterocycles. The van der Waals surface area contributed by atoms with Crippen LogP contribution < -0.4 is 5.14 Å². The molecule has 1 aromatic carbocycles. The summed E-state index contributed by atoms with van der Waals surface area (Å²) < 4.78 is 24.9. The molecular weight excluding hydrogens is 430 g/mol. The van der Waals surface area contributed by atoms with Crippen LogP contribution in [0.5, 0.6) is 0 Å². The minimum Gasteiger partial charge on any atom is -0.337 e. The van der Waals surface area contributed by atoms with Crippen molar-refractivity contribution in [3.8, 4) is 10.7 Å². The Labute approximate surface area is 178 Å². The first-order valence-electron chi connectivity index (χ1n) is 8.71. The summed E-state index contributed by atoms with van der Waals surface area (Å²) in [6.07, 6.45) is 0. The maximum absolute atomic E-state index is 13.2. The normalized spacial score (nSPS) is 13.8. The maximum Gasteiger partial charge on any atom is 0.245 e. The first-order valence-corrected chi connectivity index (χ1v) is 11.5. The number of primary sulfonamides is 1. The van der Waals surface area contributed by atoms with Crippen molar-refractivity contribution in [2.24, 2.45) is 5.14 Å². The zero-order valence-electron chi connectivity index (χ0n) is 16.1. The predicted molar refractivity (Wildman–Crippen MR) is 114 cm³/mol. The Morgan fingerprint density at radius 3 is 2.48 bits per heavy atom. The van der Waals surface area contributed by atoms with E-state index in [2.05, 4.69) is 10.2 Å². The highest BCUT2D eigenvalue weighted by atomic mass is 32.2. The fourth-order valence-corrected chi connectivity index (χ4v) is 4.52. The molecule has 0 radical (unpaired) electrons. The third kappa shape index (κ3) is 4.32. The van der Waals surface area contributed by atoms with Crippen LogP contribution >= 0.6 is 23.6 Å². The zero-order valence-corrected chi connectivity index (χ0v) is 18.5. The third-order valence-electron chi connectivity index (χ3n) is 4.81. The molecule has 0 saturated carbocycles. The second-order valence-electron chi connectivity index (χ2n) is 6.61. The molecule has 2 heterocycles. The van der Waals surface area contributed by atoms with Crippen LogP contribution in [0.2, 0.25) is 0 Å². The van der Waals surface area contributed by atoms with E-state index in [9.17, 15) is 13.2 Å². The molecule has 3 aromatic rings. The molecule has 3 N–H and O–H groups in total. The first-order chi connectivity index (χ1) is 13.6. The minimum atomic E-state index is -3.76. The highest BCUT2D eigenvalue weighted by molar-refractivity contribution is 7.89. The van der Waals surface area contributed by atoms with Crippen molar-refractivity contribution in [1.82, 2.24) is 19.7 Å². The average molecular weight is 452 g/mol. The Morgan fingerprint density at radius 1 is 1.28 bits per heavy atom. The van der Waals surface area contributed by atoms with Crippen LogP contribution in [0.15, 0.2) is 46.7 Å². The fourth-order valence-electron chi connectivity index (χ4n) is 3.00. The molecule has 1 amide bonds. The van der Waals surface area contributed by atoms with E-state index in [4.69, 9.17) is 17.4 Å². The number of nitrogens with zero attached hydrogens (tertiary/aromatic N) is 3. The molecule has 2 atom stereocenters. The van der Waals surface area contributed by atoms with Gasteiger partial charge in [0.15, 0.2) is 10.6 Å². The molecule has 8 nitrogen and oxygen atoms in total. The van der Waals surface area contributed by atoms with E-state index in [0.717, 1.165) is 10.4 Å². The number of carbonyl (C=O) groups excluding carboxylic acids is 1. The Bertz CT molecular complexity index is 1160. The van der Waals surface area contributed by atoms with E-state index in [1.165, 1.54) is 23.5 Å². The summed E-state index contributed by atoms with van der Waals surface area (Å²) in [7, 11) is -2.06. The molecular formula is C18H21N5O3S3. The molecule has 11 heteroatoms. The van der Waals surface area contributed by atoms with Crippen LogP contribution in [0.3, 0.4) is 0 Å². The van der Waals surface area contributed by atoms with Crippen molar-refractivity contribution in [2.75, 3.05) is 7.05 Å². The number of nitrogens with two attached hydrogens (primary N) is 1. The van der Waals surface area contributed by atoms with Gasteiger partial charge in [0.25, 0.3) is 0 Å². The fraction of sp³-hybridized carbons (Fsp3) is 0.278. The number of rotatable bonds is 6. The van der Waals surface area contributed by atoms with Gasteiger partial charge in [-0.3, -0.25) is 14.5 Å². The number of aromatic amines is 1. The topological polar surface area (TPSA) is 114 Å². The molecule has 2 unspecified atom stereocenters. The lowest BCUT2D eigenvalue weighted by Gasteiger charge is -2.28. The van der Waals surface area contributed by atoms with Crippen LogP contribution in [-0.4, -0.2) is 41.0 Å². The lowest BCUT2D eigenvalue weighted by atomic mass is 10.1. The molecule has 0 aliphatic rings. The highest BCUT2D eigenvalue weighted by Crippen LogP contribution is 2.28. The van der Waals surface area contributed by atoms with Gasteiger partial charge < -0.3 is 4.90 Å². The van der Waals surface area contributed by atoms with Crippen molar-refractivity contribution < 1.29 is 13.2 Å². The number of thiophene rings is 1. The number of amides is 1. The summed E-state index contributed by atoms with van der Waals surface area (Å²) >= 11 is 6.86. The van der Waals surface area contributed by atoms with Gasteiger partial charge in [-0.05, 0) is 55.2 Å². The van der Waals surface area contributed by atoms with E-state index in [0.29, 0.717) is 10.6 Å². The number of hydrogen-bond acceptors (Lipinski definition) is 6. The average Bonchev–Trinajstić information content (AvgIpc) is 3.34. The minimum absolute atomic E-state index is 0.0288. The van der Waals surface area contributed by atoms with E-state index in [-0.39, 0.29) is 16.8 Å². The first kappa shape index (κ1) is 21.4. The summed E-state index contributed by atoms with van der Waals surface area (Å²) in [6, 6.07) is 9.14. The number of aromatic nitrogens is 3. The van der Waals surface area contributed by atoms with Gasteiger partial charge in [-0.15, -0.1) is 11.3 Å². The zero-order chi connectivity index (χ0) is 21.3. The molecule has 0 saturated heterocycles. The van der Waals surface area contributed by atoms with Gasteiger partial charge >= 0.3 is 0 Å². The summed E-state index contributed by atoms with van der Waals surface area (Å²) in [5.74, 6) is 0.465. The largest absolute Gasteiger partial charge is 0.337 e. The third-order valence-corrected chi connectivity index (χ3v) is 6.89. The Kier molecular flexibility index (Phi) is 6.03. The van der Waals surface area contributed by atoms with Crippen LogP contribution in [0.25, 0.3) is 10.7 Å². The van der Waals surface area contributed by atoms with Crippen LogP contribution in [-0.2, 0) is 14.8 Å². The molecule has 0 fully saturated rings. The van der Waals surface area contributed by atoms with Crippen LogP contribution in [0.1, 0.15) is 31.5 Å². The quantitative estimate of drug-likeness (QED) is 0.559. The van der Waals surface area contributed by atoms with Crippen molar-refractivity contribution in [1.29, 1.82) is 0 Å². The number of carbonyl (C=O) groups is 1. The molecule has 154 valence electrons. The lowest BCUT2D eigenvalue weighted by Crippen LogP contribution is -2.35. The smallest absolute Gasteiger partial charge is 0.245 e. The van der Waals surface area contributed by atoms with Gasteiger partial charge in [0.05, 0.1) is 15.8 Å². The summed E-state index contributed by atoms with van der Waals surface area (Å²) in [5, 5.41) is 14.1. The Morgan fingerprint density at radius 2 is 1.93 bits per heavy atom. The number of sulfonamides is 1.